The van der Waals surface area contributed by atoms with Gasteiger partial charge in [-0.15, -0.1) is 0 Å². The number of hydrogen-bond acceptors (Lipinski definition) is 10. The zero-order valence-electron chi connectivity index (χ0n) is 41.3. The van der Waals surface area contributed by atoms with Crippen molar-refractivity contribution in [3.63, 3.8) is 0 Å². The molecule has 6 amide bonds. The molecule has 1 aliphatic carbocycles. The van der Waals surface area contributed by atoms with Gasteiger partial charge in [0.25, 0.3) is 0 Å². The highest BCUT2D eigenvalue weighted by molar-refractivity contribution is 6.09. The van der Waals surface area contributed by atoms with Gasteiger partial charge in [0.2, 0.25) is 11.8 Å². The SMILES string of the molecule is CCCCn1nc2c(N)nc3ccccc3c2c1Cc1ccc(CNC(=O)OCc2ccc(NC(=O)[C@H](CCCNC(N)=O)NC(=O)[C@@H](NC(=O)OCC3c4ccccc4-c4ccccc43)C(C)C)cc2)cc1. The van der Waals surface area contributed by atoms with Crippen LogP contribution in [0.25, 0.3) is 32.9 Å². The van der Waals surface area contributed by atoms with Crippen molar-refractivity contribution in [2.24, 2.45) is 11.7 Å². The number of urea groups is 1. The highest BCUT2D eigenvalue weighted by Gasteiger charge is 2.32. The molecule has 8 rings (SSSR count). The minimum atomic E-state index is -1.05. The van der Waals surface area contributed by atoms with E-state index < -0.39 is 42.1 Å². The Labute approximate surface area is 423 Å². The summed E-state index contributed by atoms with van der Waals surface area (Å²) in [7, 11) is 0. The molecule has 2 heterocycles. The van der Waals surface area contributed by atoms with Crippen molar-refractivity contribution in [2.45, 2.75) is 90.6 Å². The van der Waals surface area contributed by atoms with Crippen molar-refractivity contribution >= 4 is 63.3 Å². The fourth-order valence-electron chi connectivity index (χ4n) is 9.20. The summed E-state index contributed by atoms with van der Waals surface area (Å²) in [5.41, 5.74) is 21.7. The van der Waals surface area contributed by atoms with E-state index >= 15 is 0 Å². The lowest BCUT2D eigenvalue weighted by Crippen LogP contribution is -2.54. The van der Waals surface area contributed by atoms with Crippen LogP contribution in [0.4, 0.5) is 25.9 Å². The Morgan fingerprint density at radius 2 is 1.38 bits per heavy atom. The average Bonchev–Trinajstić information content (AvgIpc) is 3.92. The number of ether oxygens (including phenoxy) is 2. The molecular formula is C56H62N10O7. The molecule has 2 atom stereocenters. The van der Waals surface area contributed by atoms with Crippen molar-refractivity contribution in [2.75, 3.05) is 24.2 Å². The average molecular weight is 987 g/mol. The lowest BCUT2D eigenvalue weighted by Gasteiger charge is -2.25. The van der Waals surface area contributed by atoms with Gasteiger partial charge in [-0.1, -0.05) is 130 Å². The number of nitrogen functional groups attached to an aromatic ring is 1. The van der Waals surface area contributed by atoms with Gasteiger partial charge in [0.15, 0.2) is 5.82 Å². The lowest BCUT2D eigenvalue weighted by atomic mass is 9.98. The molecule has 17 nitrogen and oxygen atoms in total. The predicted octanol–water partition coefficient (Wildman–Crippen LogP) is 8.42. The van der Waals surface area contributed by atoms with E-state index in [9.17, 15) is 24.0 Å². The molecule has 5 aromatic carbocycles. The number of rotatable bonds is 21. The number of nitrogens with one attached hydrogen (secondary N) is 5. The fraction of sp³-hybridized carbons (Fsp3) is 0.304. The number of hydrogen-bond donors (Lipinski definition) is 7. The van der Waals surface area contributed by atoms with Crippen LogP contribution in [0.15, 0.2) is 121 Å². The molecule has 0 unspecified atom stereocenters. The third-order valence-electron chi connectivity index (χ3n) is 13.0. The Kier molecular flexibility index (Phi) is 16.5. The Bertz CT molecular complexity index is 3060. The second kappa shape index (κ2) is 23.6. The van der Waals surface area contributed by atoms with Gasteiger partial charge < -0.3 is 47.5 Å². The Morgan fingerprint density at radius 1 is 0.726 bits per heavy atom. The van der Waals surface area contributed by atoms with E-state index in [2.05, 4.69) is 49.2 Å². The van der Waals surface area contributed by atoms with Crippen molar-refractivity contribution < 1.29 is 33.4 Å². The summed E-state index contributed by atoms with van der Waals surface area (Å²) in [6.45, 7) is 6.96. The van der Waals surface area contributed by atoms with Gasteiger partial charge in [-0.25, -0.2) is 19.4 Å². The molecule has 0 saturated heterocycles. The number of alkyl carbamates (subject to hydrolysis) is 2. The number of benzene rings is 5. The minimum Gasteiger partial charge on any atom is -0.449 e. The number of para-hydroxylation sites is 1. The number of primary amides is 1. The van der Waals surface area contributed by atoms with E-state index in [1.54, 1.807) is 38.1 Å². The Morgan fingerprint density at radius 3 is 2.07 bits per heavy atom. The van der Waals surface area contributed by atoms with Crippen molar-refractivity contribution in [3.8, 4) is 11.1 Å². The highest BCUT2D eigenvalue weighted by atomic mass is 16.6. The molecule has 73 heavy (non-hydrogen) atoms. The number of nitrogens with two attached hydrogens (primary N) is 2. The summed E-state index contributed by atoms with van der Waals surface area (Å²) in [5, 5.41) is 20.6. The number of unbranched alkanes of at least 4 members (excludes halogenated alkanes) is 1. The molecular weight excluding hydrogens is 925 g/mol. The van der Waals surface area contributed by atoms with E-state index in [4.69, 9.17) is 26.0 Å². The third-order valence-corrected chi connectivity index (χ3v) is 13.0. The molecule has 0 spiro atoms. The van der Waals surface area contributed by atoms with Crippen LogP contribution in [0.3, 0.4) is 0 Å². The number of aryl methyl sites for hydroxylation is 1. The topological polar surface area (TPSA) is 247 Å². The molecule has 0 radical (unpaired) electrons. The first-order valence-corrected chi connectivity index (χ1v) is 24.7. The molecule has 0 saturated carbocycles. The van der Waals surface area contributed by atoms with E-state index in [1.807, 2.05) is 91.0 Å². The number of nitrogens with zero attached hydrogens (tertiary/aromatic N) is 3. The molecule has 2 aromatic heterocycles. The molecule has 0 fully saturated rings. The number of carbonyl (C=O) groups excluding carboxylic acids is 5. The predicted molar refractivity (Wildman–Crippen MR) is 281 cm³/mol. The summed E-state index contributed by atoms with van der Waals surface area (Å²) in [6.07, 6.45) is 1.76. The highest BCUT2D eigenvalue weighted by Crippen LogP contribution is 2.44. The molecule has 0 bridgehead atoms. The van der Waals surface area contributed by atoms with E-state index in [0.717, 1.165) is 74.8 Å². The van der Waals surface area contributed by atoms with Crippen LogP contribution in [-0.4, -0.2) is 70.0 Å². The van der Waals surface area contributed by atoms with Crippen LogP contribution in [0.1, 0.15) is 85.9 Å². The number of amides is 6. The van der Waals surface area contributed by atoms with Crippen LogP contribution >= 0.6 is 0 Å². The van der Waals surface area contributed by atoms with Crippen LogP contribution in [-0.2, 0) is 45.2 Å². The van der Waals surface area contributed by atoms with Gasteiger partial charge in [-0.05, 0) is 82.3 Å². The number of carbonyl (C=O) groups is 5. The standard InChI is InChI=1S/C56H62N10O7/c1-4-5-29-66-47(48-43-17-10-11-18-45(43)62-51(57)50(48)65-66)30-35-20-22-36(23-21-35)31-60-55(70)72-32-37-24-26-38(27-25-37)61-52(67)46(19-12-28-59-54(58)69)63-53(68)49(34(2)3)64-56(71)73-33-44-41-15-8-6-13-39(41)40-14-7-9-16-42(40)44/h6-11,13-18,20-27,34,44,46,49H,4-5,12,19,28-33H2,1-3H3,(H2,57,62)(H,60,70)(H,61,67)(H,63,68)(H,64,71)(H3,58,59,69)/t46-,49-/m0/s1. The minimum absolute atomic E-state index is 0.0216. The van der Waals surface area contributed by atoms with Crippen LogP contribution in [0.5, 0.6) is 0 Å². The number of fused-ring (bicyclic) bond motifs is 6. The largest absolute Gasteiger partial charge is 0.449 e. The van der Waals surface area contributed by atoms with Crippen LogP contribution < -0.4 is 38.1 Å². The summed E-state index contributed by atoms with van der Waals surface area (Å²) in [5.74, 6) is -1.21. The fourth-order valence-corrected chi connectivity index (χ4v) is 9.20. The monoisotopic (exact) mass is 986 g/mol. The van der Waals surface area contributed by atoms with E-state index in [-0.39, 0.29) is 44.6 Å². The zero-order chi connectivity index (χ0) is 51.4. The number of aromatic nitrogens is 3. The maximum absolute atomic E-state index is 13.8. The molecule has 17 heteroatoms. The lowest BCUT2D eigenvalue weighted by molar-refractivity contribution is -0.128. The summed E-state index contributed by atoms with van der Waals surface area (Å²) in [6, 6.07) is 36.0. The maximum atomic E-state index is 13.8. The first-order chi connectivity index (χ1) is 35.4. The molecule has 1 aliphatic rings. The van der Waals surface area contributed by atoms with Crippen molar-refractivity contribution in [1.82, 2.24) is 36.0 Å². The molecule has 378 valence electrons. The van der Waals surface area contributed by atoms with E-state index in [1.165, 1.54) is 0 Å². The summed E-state index contributed by atoms with van der Waals surface area (Å²) >= 11 is 0. The van der Waals surface area contributed by atoms with Crippen LogP contribution in [0, 0.1) is 5.92 Å². The summed E-state index contributed by atoms with van der Waals surface area (Å²) in [4.78, 5) is 69.5. The van der Waals surface area contributed by atoms with Crippen molar-refractivity contribution in [3.05, 3.63) is 155 Å². The quantitative estimate of drug-likeness (QED) is 0.0339. The smallest absolute Gasteiger partial charge is 0.407 e. The summed E-state index contributed by atoms with van der Waals surface area (Å²) < 4.78 is 13.3. The Hall–Kier alpha value is -8.47. The zero-order valence-corrected chi connectivity index (χ0v) is 41.3. The van der Waals surface area contributed by atoms with Gasteiger partial charge in [0.1, 0.15) is 30.8 Å². The second-order valence-electron chi connectivity index (χ2n) is 18.6. The molecule has 7 aromatic rings. The van der Waals surface area contributed by atoms with Gasteiger partial charge in [0, 0.05) is 48.4 Å². The van der Waals surface area contributed by atoms with Gasteiger partial charge in [-0.2, -0.15) is 5.10 Å². The molecule has 9 N–H and O–H groups in total. The van der Waals surface area contributed by atoms with E-state index in [0.29, 0.717) is 35.4 Å². The van der Waals surface area contributed by atoms with Gasteiger partial charge in [0.05, 0.1) is 11.2 Å². The van der Waals surface area contributed by atoms with Gasteiger partial charge >= 0.3 is 18.2 Å². The molecule has 0 aliphatic heterocycles. The van der Waals surface area contributed by atoms with Crippen LogP contribution in [0.2, 0.25) is 0 Å². The first kappa shape index (κ1) is 50.9. The third kappa shape index (κ3) is 12.5. The number of anilines is 2. The normalized spacial score (nSPS) is 12.7. The second-order valence-corrected chi connectivity index (χ2v) is 18.6. The van der Waals surface area contributed by atoms with Crippen molar-refractivity contribution in [1.29, 1.82) is 0 Å². The maximum Gasteiger partial charge on any atom is 0.407 e. The van der Waals surface area contributed by atoms with Gasteiger partial charge in [-0.3, -0.25) is 14.3 Å². The Balaban J connectivity index is 0.821. The number of pyridine rings is 1. The first-order valence-electron chi connectivity index (χ1n) is 24.7.